The molecule has 0 spiro atoms. The second-order valence-corrected chi connectivity index (χ2v) is 4.51. The maximum atomic E-state index is 5.86. The van der Waals surface area contributed by atoms with E-state index in [2.05, 4.69) is 15.1 Å². The summed E-state index contributed by atoms with van der Waals surface area (Å²) >= 11 is 5.86. The average Bonchev–Trinajstić information content (AvgIpc) is 2.88. The van der Waals surface area contributed by atoms with Gasteiger partial charge in [0.15, 0.2) is 5.82 Å². The fourth-order valence-electron chi connectivity index (χ4n) is 1.86. The van der Waals surface area contributed by atoms with Crippen molar-refractivity contribution in [2.45, 2.75) is 6.92 Å². The molecule has 0 N–H and O–H groups in total. The summed E-state index contributed by atoms with van der Waals surface area (Å²) in [7, 11) is 0. The predicted molar refractivity (Wildman–Crippen MR) is 74.3 cm³/mol. The van der Waals surface area contributed by atoms with Gasteiger partial charge in [-0.2, -0.15) is 10.1 Å². The Morgan fingerprint density at radius 1 is 1.05 bits per heavy atom. The SMILES string of the molecule is Cc1cc(-n2cc(-c3ccccc3)cn2)nc(Cl)n1. The molecule has 0 unspecified atom stereocenters. The van der Waals surface area contributed by atoms with E-state index in [4.69, 9.17) is 11.6 Å². The number of aryl methyl sites for hydroxylation is 1. The lowest BCUT2D eigenvalue weighted by Crippen LogP contribution is -2.00. The van der Waals surface area contributed by atoms with Crippen LogP contribution in [0.5, 0.6) is 0 Å². The number of aromatic nitrogens is 4. The molecule has 0 amide bonds. The second kappa shape index (κ2) is 4.82. The number of nitrogens with zero attached hydrogens (tertiary/aromatic N) is 4. The van der Waals surface area contributed by atoms with Crippen molar-refractivity contribution in [1.29, 1.82) is 0 Å². The fraction of sp³-hybridized carbons (Fsp3) is 0.0714. The molecule has 2 heterocycles. The summed E-state index contributed by atoms with van der Waals surface area (Å²) in [6, 6.07) is 11.9. The molecule has 3 aromatic rings. The van der Waals surface area contributed by atoms with Crippen LogP contribution < -0.4 is 0 Å². The Hall–Kier alpha value is -2.20. The van der Waals surface area contributed by atoms with Gasteiger partial charge in [0.25, 0.3) is 0 Å². The van der Waals surface area contributed by atoms with E-state index in [-0.39, 0.29) is 5.28 Å². The molecule has 1 aromatic carbocycles. The summed E-state index contributed by atoms with van der Waals surface area (Å²) in [5.41, 5.74) is 2.96. The summed E-state index contributed by atoms with van der Waals surface area (Å²) < 4.78 is 1.70. The quantitative estimate of drug-likeness (QED) is 0.671. The zero-order valence-electron chi connectivity index (χ0n) is 10.3. The van der Waals surface area contributed by atoms with Crippen LogP contribution in [-0.2, 0) is 0 Å². The molecular weight excluding hydrogens is 260 g/mol. The fourth-order valence-corrected chi connectivity index (χ4v) is 2.08. The minimum Gasteiger partial charge on any atom is -0.223 e. The van der Waals surface area contributed by atoms with E-state index in [9.17, 15) is 0 Å². The number of benzene rings is 1. The first-order valence-corrected chi connectivity index (χ1v) is 6.22. The molecule has 0 aliphatic heterocycles. The molecule has 0 bridgehead atoms. The second-order valence-electron chi connectivity index (χ2n) is 4.18. The van der Waals surface area contributed by atoms with Crippen molar-refractivity contribution in [2.24, 2.45) is 0 Å². The first kappa shape index (κ1) is 11.9. The normalized spacial score (nSPS) is 10.6. The zero-order valence-corrected chi connectivity index (χ0v) is 11.0. The van der Waals surface area contributed by atoms with Gasteiger partial charge in [0.2, 0.25) is 5.28 Å². The van der Waals surface area contributed by atoms with Crippen LogP contribution in [0.3, 0.4) is 0 Å². The molecule has 4 nitrogen and oxygen atoms in total. The minimum atomic E-state index is 0.228. The van der Waals surface area contributed by atoms with Gasteiger partial charge in [-0.3, -0.25) is 0 Å². The van der Waals surface area contributed by atoms with Crippen molar-refractivity contribution in [3.63, 3.8) is 0 Å². The van der Waals surface area contributed by atoms with Crippen LogP contribution in [0.2, 0.25) is 5.28 Å². The number of hydrogen-bond donors (Lipinski definition) is 0. The summed E-state index contributed by atoms with van der Waals surface area (Å²) in [5.74, 6) is 0.666. The molecule has 0 atom stereocenters. The minimum absolute atomic E-state index is 0.228. The summed E-state index contributed by atoms with van der Waals surface area (Å²) in [5, 5.41) is 4.54. The van der Waals surface area contributed by atoms with E-state index >= 15 is 0 Å². The number of halogens is 1. The number of rotatable bonds is 2. The van der Waals surface area contributed by atoms with Crippen molar-refractivity contribution in [3.8, 4) is 16.9 Å². The van der Waals surface area contributed by atoms with Crippen LogP contribution in [0.4, 0.5) is 0 Å². The van der Waals surface area contributed by atoms with Gasteiger partial charge in [-0.25, -0.2) is 9.67 Å². The van der Waals surface area contributed by atoms with Gasteiger partial charge >= 0.3 is 0 Å². The van der Waals surface area contributed by atoms with Gasteiger partial charge < -0.3 is 0 Å². The molecule has 3 rings (SSSR count). The molecule has 0 aliphatic carbocycles. The van der Waals surface area contributed by atoms with Crippen molar-refractivity contribution in [3.05, 3.63) is 59.8 Å². The smallest absolute Gasteiger partial charge is 0.223 e. The lowest BCUT2D eigenvalue weighted by atomic mass is 10.1. The summed E-state index contributed by atoms with van der Waals surface area (Å²) in [6.45, 7) is 1.87. The van der Waals surface area contributed by atoms with Gasteiger partial charge in [-0.1, -0.05) is 30.3 Å². The Labute approximate surface area is 115 Å². The Balaban J connectivity index is 2.02. The van der Waals surface area contributed by atoms with E-state index in [1.54, 1.807) is 10.9 Å². The lowest BCUT2D eigenvalue weighted by molar-refractivity contribution is 0.835. The molecule has 0 fully saturated rings. The number of hydrogen-bond acceptors (Lipinski definition) is 3. The van der Waals surface area contributed by atoms with Gasteiger partial charge in [-0.05, 0) is 24.1 Å². The summed E-state index contributed by atoms with van der Waals surface area (Å²) in [6.07, 6.45) is 3.73. The first-order chi connectivity index (χ1) is 9.22. The van der Waals surface area contributed by atoms with E-state index in [1.165, 1.54) is 0 Å². The van der Waals surface area contributed by atoms with Crippen LogP contribution >= 0.6 is 11.6 Å². The Kier molecular flexibility index (Phi) is 3.01. The molecule has 0 radical (unpaired) electrons. The molecule has 2 aromatic heterocycles. The highest BCUT2D eigenvalue weighted by Gasteiger charge is 2.06. The molecule has 0 saturated heterocycles. The largest absolute Gasteiger partial charge is 0.224 e. The third kappa shape index (κ3) is 2.48. The predicted octanol–water partition coefficient (Wildman–Crippen LogP) is 3.29. The third-order valence-corrected chi connectivity index (χ3v) is 2.91. The molecule has 0 aliphatic rings. The topological polar surface area (TPSA) is 43.6 Å². The molecule has 19 heavy (non-hydrogen) atoms. The van der Waals surface area contributed by atoms with Crippen molar-refractivity contribution in [2.75, 3.05) is 0 Å². The monoisotopic (exact) mass is 270 g/mol. The zero-order chi connectivity index (χ0) is 13.2. The van der Waals surface area contributed by atoms with Crippen molar-refractivity contribution in [1.82, 2.24) is 19.7 Å². The molecule has 0 saturated carbocycles. The Morgan fingerprint density at radius 3 is 2.58 bits per heavy atom. The third-order valence-electron chi connectivity index (χ3n) is 2.74. The van der Waals surface area contributed by atoms with E-state index in [0.29, 0.717) is 5.82 Å². The highest BCUT2D eigenvalue weighted by molar-refractivity contribution is 6.28. The van der Waals surface area contributed by atoms with E-state index in [1.807, 2.05) is 49.5 Å². The standard InChI is InChI=1S/C14H11ClN4/c1-10-7-13(18-14(15)17-10)19-9-12(8-16-19)11-5-3-2-4-6-11/h2-9H,1H3. The van der Waals surface area contributed by atoms with Crippen LogP contribution in [0, 0.1) is 6.92 Å². The van der Waals surface area contributed by atoms with Crippen LogP contribution in [0.15, 0.2) is 48.8 Å². The maximum Gasteiger partial charge on any atom is 0.224 e. The van der Waals surface area contributed by atoms with Crippen LogP contribution in [-0.4, -0.2) is 19.7 Å². The summed E-state index contributed by atoms with van der Waals surface area (Å²) in [4.78, 5) is 8.20. The maximum absolute atomic E-state index is 5.86. The molecule has 94 valence electrons. The highest BCUT2D eigenvalue weighted by Crippen LogP contribution is 2.19. The van der Waals surface area contributed by atoms with Gasteiger partial charge in [-0.15, -0.1) is 0 Å². The van der Waals surface area contributed by atoms with Gasteiger partial charge in [0.1, 0.15) is 0 Å². The van der Waals surface area contributed by atoms with Crippen LogP contribution in [0.1, 0.15) is 5.69 Å². The molecule has 5 heteroatoms. The Bertz CT molecular complexity index is 686. The van der Waals surface area contributed by atoms with E-state index in [0.717, 1.165) is 16.8 Å². The van der Waals surface area contributed by atoms with Gasteiger partial charge in [0.05, 0.1) is 6.20 Å². The molecular formula is C14H11ClN4. The first-order valence-electron chi connectivity index (χ1n) is 5.84. The van der Waals surface area contributed by atoms with Crippen LogP contribution in [0.25, 0.3) is 16.9 Å². The van der Waals surface area contributed by atoms with E-state index < -0.39 is 0 Å². The van der Waals surface area contributed by atoms with Crippen molar-refractivity contribution >= 4 is 11.6 Å². The lowest BCUT2D eigenvalue weighted by Gasteiger charge is -2.01. The van der Waals surface area contributed by atoms with Gasteiger partial charge in [0, 0.05) is 23.5 Å². The Morgan fingerprint density at radius 2 is 1.84 bits per heavy atom. The van der Waals surface area contributed by atoms with Crippen molar-refractivity contribution < 1.29 is 0 Å². The highest BCUT2D eigenvalue weighted by atomic mass is 35.5. The average molecular weight is 271 g/mol.